The summed E-state index contributed by atoms with van der Waals surface area (Å²) in [5.41, 5.74) is 1.39. The zero-order valence-electron chi connectivity index (χ0n) is 9.55. The number of rotatable bonds is 3. The van der Waals surface area contributed by atoms with Crippen LogP contribution >= 0.6 is 0 Å². The standard InChI is InChI=1S/C13H13NO3/c1-2-17-13(16)9-14-11-7-5-3-4-6-10(11)8-12(14)15/h3-8H,2,9H2,1H3. The molecule has 4 nitrogen and oxygen atoms in total. The monoisotopic (exact) mass is 231 g/mol. The fourth-order valence-corrected chi connectivity index (χ4v) is 1.75. The maximum Gasteiger partial charge on any atom is 0.326 e. The molecule has 0 bridgehead atoms. The lowest BCUT2D eigenvalue weighted by Gasteiger charge is -2.05. The van der Waals surface area contributed by atoms with Crippen molar-refractivity contribution in [2.45, 2.75) is 13.5 Å². The van der Waals surface area contributed by atoms with Gasteiger partial charge in [0.2, 0.25) is 0 Å². The van der Waals surface area contributed by atoms with E-state index in [1.807, 2.05) is 30.3 Å². The molecule has 0 aromatic carbocycles. The first kappa shape index (κ1) is 11.4. The Hall–Kier alpha value is -2.10. The third-order valence-corrected chi connectivity index (χ3v) is 2.48. The summed E-state index contributed by atoms with van der Waals surface area (Å²) in [5, 5.41) is 0. The van der Waals surface area contributed by atoms with Crippen LogP contribution in [0.15, 0.2) is 41.2 Å². The van der Waals surface area contributed by atoms with Gasteiger partial charge in [0.05, 0.1) is 12.3 Å². The highest BCUT2D eigenvalue weighted by Crippen LogP contribution is 2.18. The molecule has 17 heavy (non-hydrogen) atoms. The molecule has 2 rings (SSSR count). The average molecular weight is 231 g/mol. The lowest BCUT2D eigenvalue weighted by molar-refractivity contribution is -0.143. The lowest BCUT2D eigenvalue weighted by atomic mass is 10.2. The molecule has 0 saturated carbocycles. The molecule has 1 aliphatic heterocycles. The van der Waals surface area contributed by atoms with Gasteiger partial charge in [-0.25, -0.2) is 0 Å². The summed E-state index contributed by atoms with van der Waals surface area (Å²) in [5.74, 6) is -0.395. The van der Waals surface area contributed by atoms with Crippen LogP contribution in [-0.2, 0) is 16.1 Å². The van der Waals surface area contributed by atoms with Crippen molar-refractivity contribution in [1.29, 1.82) is 0 Å². The van der Waals surface area contributed by atoms with Gasteiger partial charge in [-0.2, -0.15) is 0 Å². The molecule has 0 fully saturated rings. The number of hydrogen-bond donors (Lipinski definition) is 0. The Labute approximate surface area is 98.8 Å². The minimum absolute atomic E-state index is 0.0415. The number of fused-ring (bicyclic) bond motifs is 1. The molecule has 4 heteroatoms. The topological polar surface area (TPSA) is 48.3 Å². The molecule has 0 unspecified atom stereocenters. The predicted molar refractivity (Wildman–Crippen MR) is 64.0 cm³/mol. The molecule has 0 radical (unpaired) electrons. The fourth-order valence-electron chi connectivity index (χ4n) is 1.75. The molecular formula is C13H13NO3. The van der Waals surface area contributed by atoms with Crippen molar-refractivity contribution >= 4 is 5.97 Å². The van der Waals surface area contributed by atoms with E-state index in [0.29, 0.717) is 6.61 Å². The van der Waals surface area contributed by atoms with Crippen molar-refractivity contribution in [3.8, 4) is 11.3 Å². The number of carbonyl (C=O) groups is 1. The first-order chi connectivity index (χ1) is 8.22. The van der Waals surface area contributed by atoms with E-state index in [0.717, 1.165) is 11.3 Å². The van der Waals surface area contributed by atoms with Gasteiger partial charge in [-0.15, -0.1) is 0 Å². The number of aromatic nitrogens is 1. The van der Waals surface area contributed by atoms with Crippen molar-refractivity contribution in [3.05, 3.63) is 46.8 Å². The largest absolute Gasteiger partial charge is 0.465 e. The Balaban J connectivity index is 2.40. The Morgan fingerprint density at radius 3 is 2.82 bits per heavy atom. The van der Waals surface area contributed by atoms with Crippen LogP contribution in [0.3, 0.4) is 0 Å². The van der Waals surface area contributed by atoms with Crippen LogP contribution in [0.5, 0.6) is 0 Å². The van der Waals surface area contributed by atoms with Crippen molar-refractivity contribution in [3.63, 3.8) is 0 Å². The molecule has 88 valence electrons. The zero-order valence-corrected chi connectivity index (χ0v) is 9.55. The third-order valence-electron chi connectivity index (χ3n) is 2.48. The van der Waals surface area contributed by atoms with Crippen LogP contribution in [0, 0.1) is 0 Å². The van der Waals surface area contributed by atoms with Crippen LogP contribution in [-0.4, -0.2) is 17.1 Å². The predicted octanol–water partition coefficient (Wildman–Crippen LogP) is 1.52. The van der Waals surface area contributed by atoms with Crippen molar-refractivity contribution < 1.29 is 9.53 Å². The van der Waals surface area contributed by atoms with Crippen LogP contribution in [0.2, 0.25) is 0 Å². The van der Waals surface area contributed by atoms with Gasteiger partial charge in [-0.3, -0.25) is 14.2 Å². The van der Waals surface area contributed by atoms with Crippen molar-refractivity contribution in [2.75, 3.05) is 6.61 Å². The van der Waals surface area contributed by atoms with E-state index in [1.54, 1.807) is 6.92 Å². The molecule has 0 aromatic heterocycles. The Morgan fingerprint density at radius 1 is 1.29 bits per heavy atom. The molecule has 0 atom stereocenters. The van der Waals surface area contributed by atoms with E-state index in [4.69, 9.17) is 4.74 Å². The molecule has 0 amide bonds. The van der Waals surface area contributed by atoms with Gasteiger partial charge < -0.3 is 4.74 Å². The number of nitrogens with zero attached hydrogens (tertiary/aromatic N) is 1. The molecule has 1 aliphatic carbocycles. The lowest BCUT2D eigenvalue weighted by Crippen LogP contribution is -2.21. The van der Waals surface area contributed by atoms with E-state index in [2.05, 4.69) is 0 Å². The molecule has 2 aliphatic rings. The average Bonchev–Trinajstić information content (AvgIpc) is 2.49. The van der Waals surface area contributed by atoms with Gasteiger partial charge in [0.25, 0.3) is 5.56 Å². The van der Waals surface area contributed by atoms with Crippen LogP contribution in [0.25, 0.3) is 11.3 Å². The van der Waals surface area contributed by atoms with Crippen molar-refractivity contribution in [2.24, 2.45) is 0 Å². The van der Waals surface area contributed by atoms with E-state index >= 15 is 0 Å². The van der Waals surface area contributed by atoms with Gasteiger partial charge in [-0.05, 0) is 13.0 Å². The number of ether oxygens (including phenoxy) is 1. The number of esters is 1. The first-order valence-corrected chi connectivity index (χ1v) is 5.46. The normalized spacial score (nSPS) is 10.4. The Morgan fingerprint density at radius 2 is 2.06 bits per heavy atom. The molecule has 0 saturated heterocycles. The molecular weight excluding hydrogens is 218 g/mol. The Kier molecular flexibility index (Phi) is 3.23. The number of carbonyl (C=O) groups excluding carboxylic acids is 1. The minimum Gasteiger partial charge on any atom is -0.465 e. The van der Waals surface area contributed by atoms with Crippen LogP contribution in [0.4, 0.5) is 0 Å². The van der Waals surface area contributed by atoms with Crippen LogP contribution < -0.4 is 5.56 Å². The maximum atomic E-state index is 11.7. The Bertz CT molecular complexity index is 559. The molecule has 0 aromatic rings. The first-order valence-electron chi connectivity index (χ1n) is 5.46. The fraction of sp³-hybridized carbons (Fsp3) is 0.231. The zero-order chi connectivity index (χ0) is 12.3. The summed E-state index contributed by atoms with van der Waals surface area (Å²) in [4.78, 5) is 23.1. The quantitative estimate of drug-likeness (QED) is 0.752. The van der Waals surface area contributed by atoms with Crippen LogP contribution in [0.1, 0.15) is 6.92 Å². The maximum absolute atomic E-state index is 11.7. The second-order valence-electron chi connectivity index (χ2n) is 3.63. The smallest absolute Gasteiger partial charge is 0.326 e. The van der Waals surface area contributed by atoms with E-state index in [9.17, 15) is 9.59 Å². The van der Waals surface area contributed by atoms with Gasteiger partial charge in [0, 0.05) is 11.6 Å². The third kappa shape index (κ3) is 2.36. The highest BCUT2D eigenvalue weighted by Gasteiger charge is 2.13. The van der Waals surface area contributed by atoms with Gasteiger partial charge >= 0.3 is 5.97 Å². The molecule has 0 spiro atoms. The summed E-state index contributed by atoms with van der Waals surface area (Å²) in [6, 6.07) is 10.8. The highest BCUT2D eigenvalue weighted by atomic mass is 16.5. The highest BCUT2D eigenvalue weighted by molar-refractivity contribution is 5.71. The van der Waals surface area contributed by atoms with E-state index in [-0.39, 0.29) is 12.1 Å². The van der Waals surface area contributed by atoms with Gasteiger partial charge in [0.1, 0.15) is 6.54 Å². The molecule has 0 N–H and O–H groups in total. The summed E-state index contributed by atoms with van der Waals surface area (Å²) in [7, 11) is 0. The van der Waals surface area contributed by atoms with Gasteiger partial charge in [0.15, 0.2) is 0 Å². The summed E-state index contributed by atoms with van der Waals surface area (Å²) >= 11 is 0. The van der Waals surface area contributed by atoms with Gasteiger partial charge in [-0.1, -0.05) is 24.3 Å². The van der Waals surface area contributed by atoms with E-state index in [1.165, 1.54) is 10.6 Å². The SMILES string of the molecule is CCOC(=O)Cn1c2cccccc-2cc1=O. The second-order valence-corrected chi connectivity index (χ2v) is 3.63. The summed E-state index contributed by atoms with van der Waals surface area (Å²) in [6.45, 7) is 2.02. The second kappa shape index (κ2) is 4.82. The van der Waals surface area contributed by atoms with E-state index < -0.39 is 5.97 Å². The van der Waals surface area contributed by atoms with Crippen molar-refractivity contribution in [1.82, 2.24) is 4.57 Å². The minimum atomic E-state index is -0.395. The summed E-state index contributed by atoms with van der Waals surface area (Å²) < 4.78 is 6.27. The molecule has 1 heterocycles. The summed E-state index contributed by atoms with van der Waals surface area (Å²) in [6.07, 6.45) is 0. The number of hydrogen-bond acceptors (Lipinski definition) is 3.